The molecule has 1 saturated carbocycles. The molecule has 1 aliphatic rings. The highest BCUT2D eigenvalue weighted by Crippen LogP contribution is 2.43. The Morgan fingerprint density at radius 3 is 2.59 bits per heavy atom. The summed E-state index contributed by atoms with van der Waals surface area (Å²) < 4.78 is 24.3. The number of halogens is 1. The predicted molar refractivity (Wildman–Crippen MR) is 108 cm³/mol. The Kier molecular flexibility index (Phi) is 6.69. The fourth-order valence-corrected chi connectivity index (χ4v) is 4.45. The molecule has 2 aromatic rings. The Morgan fingerprint density at radius 1 is 1.34 bits per heavy atom. The summed E-state index contributed by atoms with van der Waals surface area (Å²) in [6, 6.07) is 4.01. The highest BCUT2D eigenvalue weighted by Gasteiger charge is 2.65. The number of primary amides is 1. The highest BCUT2D eigenvalue weighted by atomic mass is 32.1. The maximum absolute atomic E-state index is 14.6. The van der Waals surface area contributed by atoms with Crippen molar-refractivity contribution in [3.8, 4) is 16.2 Å². The minimum atomic E-state index is -2.40. The van der Waals surface area contributed by atoms with Gasteiger partial charge in [0.2, 0.25) is 6.29 Å². The minimum Gasteiger partial charge on any atom is -0.465 e. The van der Waals surface area contributed by atoms with Crippen molar-refractivity contribution in [2.24, 2.45) is 11.7 Å². The van der Waals surface area contributed by atoms with Gasteiger partial charge in [0, 0.05) is 10.8 Å². The molecule has 32 heavy (non-hydrogen) atoms. The van der Waals surface area contributed by atoms with Crippen LogP contribution in [0.15, 0.2) is 24.3 Å². The Balaban J connectivity index is 1.85. The molecule has 0 radical (unpaired) electrons. The third-order valence-corrected chi connectivity index (χ3v) is 6.38. The lowest BCUT2D eigenvalue weighted by molar-refractivity contribution is -0.332. The molecule has 1 aromatic heterocycles. The largest absolute Gasteiger partial charge is 0.465 e. The first kappa shape index (κ1) is 23.8. The van der Waals surface area contributed by atoms with Crippen molar-refractivity contribution in [1.82, 2.24) is 0 Å². The first-order valence-electron chi connectivity index (χ1n) is 9.17. The number of rotatable bonds is 7. The fraction of sp³-hybridized carbons (Fsp3) is 0.368. The quantitative estimate of drug-likeness (QED) is 0.207. The van der Waals surface area contributed by atoms with Gasteiger partial charge in [-0.25, -0.2) is 14.0 Å². The van der Waals surface area contributed by atoms with E-state index in [4.69, 9.17) is 10.5 Å². The second kappa shape index (κ2) is 8.97. The normalized spacial score (nSPS) is 25.5. The molecule has 13 heteroatoms. The van der Waals surface area contributed by atoms with Crippen LogP contribution in [0.1, 0.15) is 9.67 Å². The first-order chi connectivity index (χ1) is 15.0. The summed E-state index contributed by atoms with van der Waals surface area (Å²) in [6.07, 6.45) is -5.45. The van der Waals surface area contributed by atoms with Crippen LogP contribution in [0.4, 0.5) is 14.9 Å². The lowest BCUT2D eigenvalue weighted by Gasteiger charge is -2.53. The Labute approximate surface area is 184 Å². The topological polar surface area (TPSA) is 192 Å². The smallest absolute Gasteiger partial charge is 0.350 e. The first-order valence-corrected chi connectivity index (χ1v) is 9.98. The van der Waals surface area contributed by atoms with Crippen molar-refractivity contribution < 1.29 is 49.0 Å². The predicted octanol–water partition coefficient (Wildman–Crippen LogP) is -0.396. The zero-order valence-corrected chi connectivity index (χ0v) is 17.4. The maximum Gasteiger partial charge on any atom is 0.350 e. The average Bonchev–Trinajstić information content (AvgIpc) is 3.17. The van der Waals surface area contributed by atoms with Gasteiger partial charge in [0.05, 0.1) is 25.5 Å². The van der Waals surface area contributed by atoms with Crippen LogP contribution in [0.3, 0.4) is 0 Å². The number of aliphatic hydroxyl groups excluding tert-OH is 4. The molecule has 0 aliphatic heterocycles. The summed E-state index contributed by atoms with van der Waals surface area (Å²) in [6.45, 7) is -0.751. The van der Waals surface area contributed by atoms with E-state index in [2.05, 4.69) is 10.1 Å². The van der Waals surface area contributed by atoms with Gasteiger partial charge in [-0.1, -0.05) is 0 Å². The number of amides is 2. The number of urea groups is 1. The van der Waals surface area contributed by atoms with Crippen LogP contribution in [0.25, 0.3) is 10.4 Å². The maximum atomic E-state index is 14.6. The van der Waals surface area contributed by atoms with E-state index in [1.807, 2.05) is 0 Å². The van der Waals surface area contributed by atoms with Crippen molar-refractivity contribution >= 4 is 29.0 Å². The Bertz CT molecular complexity index is 1030. The van der Waals surface area contributed by atoms with E-state index in [9.17, 15) is 39.5 Å². The zero-order chi connectivity index (χ0) is 23.8. The lowest BCUT2D eigenvalue weighted by atomic mass is 9.64. The molecule has 1 aliphatic carbocycles. The molecule has 1 fully saturated rings. The van der Waals surface area contributed by atoms with Crippen LogP contribution in [0.2, 0.25) is 0 Å². The highest BCUT2D eigenvalue weighted by molar-refractivity contribution is 7.18. The van der Waals surface area contributed by atoms with E-state index in [0.717, 1.165) is 30.6 Å². The molecule has 0 spiro atoms. The van der Waals surface area contributed by atoms with E-state index in [0.29, 0.717) is 4.88 Å². The van der Waals surface area contributed by atoms with Crippen LogP contribution in [0, 0.1) is 11.7 Å². The number of thiophene rings is 1. The summed E-state index contributed by atoms with van der Waals surface area (Å²) in [7, 11) is 1.15. The summed E-state index contributed by atoms with van der Waals surface area (Å²) in [4.78, 5) is 23.5. The number of carbonyl (C=O) groups excluding carboxylic acids is 2. The second-order valence-corrected chi connectivity index (χ2v) is 8.11. The summed E-state index contributed by atoms with van der Waals surface area (Å²) in [5, 5.41) is 51.5. The molecule has 11 nitrogen and oxygen atoms in total. The number of hydrogen-bond donors (Lipinski definition) is 7. The number of ether oxygens (including phenoxy) is 2. The van der Waals surface area contributed by atoms with Crippen LogP contribution < -0.4 is 15.8 Å². The molecule has 1 heterocycles. The van der Waals surface area contributed by atoms with Crippen molar-refractivity contribution in [1.29, 1.82) is 0 Å². The zero-order valence-electron chi connectivity index (χ0n) is 16.6. The standard InChI is InChI=1S/C19H21FN2O9S/c1-30-16(26)14-10(22-18(21)28)5-12(32-14)7-2-3-11(9(20)4-7)31-17(27)19(29)8(6-23)13(24)15(19)25/h2-5,8,13,15,17,23-25,27,29H,6H2,1H3,(H3,21,22,28). The number of methoxy groups -OCH3 is 1. The molecule has 2 amide bonds. The molecular weight excluding hydrogens is 451 g/mol. The Morgan fingerprint density at radius 2 is 2.03 bits per heavy atom. The number of esters is 1. The van der Waals surface area contributed by atoms with Crippen LogP contribution in [0.5, 0.6) is 5.75 Å². The molecular formula is C19H21FN2O9S. The molecule has 0 bridgehead atoms. The molecule has 5 unspecified atom stereocenters. The van der Waals surface area contributed by atoms with Crippen molar-refractivity contribution in [2.45, 2.75) is 24.1 Å². The van der Waals surface area contributed by atoms with Crippen LogP contribution in [-0.4, -0.2) is 75.3 Å². The van der Waals surface area contributed by atoms with Crippen LogP contribution >= 0.6 is 11.3 Å². The molecule has 8 N–H and O–H groups in total. The van der Waals surface area contributed by atoms with E-state index in [1.54, 1.807) is 0 Å². The van der Waals surface area contributed by atoms with E-state index in [1.165, 1.54) is 12.1 Å². The monoisotopic (exact) mass is 472 g/mol. The molecule has 3 rings (SSSR count). The summed E-state index contributed by atoms with van der Waals surface area (Å²) in [5.74, 6) is -3.48. The minimum absolute atomic E-state index is 0.0345. The van der Waals surface area contributed by atoms with Gasteiger partial charge < -0.3 is 46.1 Å². The van der Waals surface area contributed by atoms with Gasteiger partial charge in [0.25, 0.3) is 0 Å². The molecule has 5 atom stereocenters. The SMILES string of the molecule is COC(=O)c1sc(-c2ccc(OC(O)C3(O)C(O)C(O)C3CO)c(F)c2)cc1NC(N)=O. The third-order valence-electron chi connectivity index (χ3n) is 5.21. The summed E-state index contributed by atoms with van der Waals surface area (Å²) in [5.41, 5.74) is 3.05. The van der Waals surface area contributed by atoms with Gasteiger partial charge in [-0.2, -0.15) is 0 Å². The van der Waals surface area contributed by atoms with E-state index < -0.39 is 60.2 Å². The van der Waals surface area contributed by atoms with Gasteiger partial charge in [-0.05, 0) is 29.8 Å². The fourth-order valence-electron chi connectivity index (χ4n) is 3.42. The average molecular weight is 472 g/mol. The number of benzene rings is 1. The number of anilines is 1. The third kappa shape index (κ3) is 4.01. The van der Waals surface area contributed by atoms with Crippen molar-refractivity contribution in [3.05, 3.63) is 35.0 Å². The number of aliphatic hydroxyl groups is 5. The van der Waals surface area contributed by atoms with Crippen molar-refractivity contribution in [3.63, 3.8) is 0 Å². The summed E-state index contributed by atoms with van der Waals surface area (Å²) >= 11 is 0.906. The number of hydrogen-bond acceptors (Lipinski definition) is 10. The molecule has 0 saturated heterocycles. The van der Waals surface area contributed by atoms with Crippen molar-refractivity contribution in [2.75, 3.05) is 19.0 Å². The second-order valence-electron chi connectivity index (χ2n) is 7.06. The van der Waals surface area contributed by atoms with Gasteiger partial charge in [-0.15, -0.1) is 11.3 Å². The van der Waals surface area contributed by atoms with E-state index in [-0.39, 0.29) is 16.1 Å². The van der Waals surface area contributed by atoms with Crippen LogP contribution in [-0.2, 0) is 4.74 Å². The van der Waals surface area contributed by atoms with E-state index >= 15 is 0 Å². The van der Waals surface area contributed by atoms with Gasteiger partial charge in [0.15, 0.2) is 17.2 Å². The number of nitrogens with one attached hydrogen (secondary N) is 1. The number of carbonyl (C=O) groups is 2. The lowest BCUT2D eigenvalue weighted by Crippen LogP contribution is -2.76. The molecule has 174 valence electrons. The Hall–Kier alpha value is -2.81. The molecule has 1 aromatic carbocycles. The van der Waals surface area contributed by atoms with Gasteiger partial charge in [-0.3, -0.25) is 0 Å². The van der Waals surface area contributed by atoms with Gasteiger partial charge >= 0.3 is 12.0 Å². The number of nitrogens with two attached hydrogens (primary N) is 1. The van der Waals surface area contributed by atoms with Gasteiger partial charge in [0.1, 0.15) is 11.0 Å².